The zero-order chi connectivity index (χ0) is 17.3. The average molecular weight is 327 g/mol. The van der Waals surface area contributed by atoms with E-state index in [0.717, 1.165) is 19.6 Å². The number of hydrogen-bond acceptors (Lipinski definition) is 3. The number of nitrogens with zero attached hydrogens (tertiary/aromatic N) is 3. The van der Waals surface area contributed by atoms with E-state index in [1.807, 2.05) is 4.90 Å². The van der Waals surface area contributed by atoms with Gasteiger partial charge in [-0.25, -0.2) is 9.37 Å². The molecule has 1 aliphatic heterocycles. The number of rotatable bonds is 2. The van der Waals surface area contributed by atoms with Crippen LogP contribution in [0.15, 0.2) is 42.6 Å². The zero-order valence-corrected chi connectivity index (χ0v) is 15.0. The zero-order valence-electron chi connectivity index (χ0n) is 15.0. The van der Waals surface area contributed by atoms with Crippen LogP contribution in [0.25, 0.3) is 0 Å². The highest BCUT2D eigenvalue weighted by Crippen LogP contribution is 2.28. The van der Waals surface area contributed by atoms with Crippen molar-refractivity contribution < 1.29 is 4.39 Å². The molecule has 2 aromatic rings. The normalized spacial score (nSPS) is 18.8. The third-order valence-electron chi connectivity index (χ3n) is 4.73. The van der Waals surface area contributed by atoms with Gasteiger partial charge < -0.3 is 9.80 Å². The minimum atomic E-state index is -0.243. The Hall–Kier alpha value is -2.10. The molecule has 0 bridgehead atoms. The van der Waals surface area contributed by atoms with Gasteiger partial charge in [0.15, 0.2) is 11.6 Å². The summed E-state index contributed by atoms with van der Waals surface area (Å²) in [5.74, 6) is 0.222. The van der Waals surface area contributed by atoms with Crippen LogP contribution in [0.1, 0.15) is 33.3 Å². The fourth-order valence-electron chi connectivity index (χ4n) is 3.30. The molecule has 0 N–H and O–H groups in total. The van der Waals surface area contributed by atoms with Crippen molar-refractivity contribution >= 4 is 11.5 Å². The van der Waals surface area contributed by atoms with E-state index in [0.29, 0.717) is 11.9 Å². The molecule has 0 radical (unpaired) electrons. The van der Waals surface area contributed by atoms with E-state index in [9.17, 15) is 4.39 Å². The molecule has 4 heteroatoms. The fraction of sp³-hybridized carbons (Fsp3) is 0.450. The number of anilines is 2. The number of pyridine rings is 1. The molecule has 1 saturated heterocycles. The van der Waals surface area contributed by atoms with Crippen LogP contribution < -0.4 is 9.80 Å². The second-order valence-corrected chi connectivity index (χ2v) is 7.59. The maximum atomic E-state index is 14.0. The molecule has 1 fully saturated rings. The van der Waals surface area contributed by atoms with Gasteiger partial charge in [0.25, 0.3) is 0 Å². The van der Waals surface area contributed by atoms with Gasteiger partial charge in [-0.2, -0.15) is 0 Å². The molecule has 0 saturated carbocycles. The van der Waals surface area contributed by atoms with Crippen molar-refractivity contribution in [2.24, 2.45) is 0 Å². The number of hydrogen-bond donors (Lipinski definition) is 0. The Morgan fingerprint density at radius 1 is 1.08 bits per heavy atom. The Morgan fingerprint density at radius 3 is 2.38 bits per heavy atom. The lowest BCUT2D eigenvalue weighted by atomic mass is 9.87. The predicted octanol–water partition coefficient (Wildman–Crippen LogP) is 4.23. The Balaban J connectivity index is 1.73. The Morgan fingerprint density at radius 2 is 1.79 bits per heavy atom. The summed E-state index contributed by atoms with van der Waals surface area (Å²) in [5, 5.41) is 0. The summed E-state index contributed by atoms with van der Waals surface area (Å²) in [6, 6.07) is 12.3. The highest BCUT2D eigenvalue weighted by molar-refractivity contribution is 5.52. The van der Waals surface area contributed by atoms with E-state index in [1.54, 1.807) is 12.3 Å². The minimum Gasteiger partial charge on any atom is -0.365 e. The van der Waals surface area contributed by atoms with Crippen molar-refractivity contribution in [3.63, 3.8) is 0 Å². The predicted molar refractivity (Wildman–Crippen MR) is 98.4 cm³/mol. The van der Waals surface area contributed by atoms with Crippen LogP contribution in [0.2, 0.25) is 0 Å². The Labute approximate surface area is 144 Å². The van der Waals surface area contributed by atoms with Crippen LogP contribution in [-0.2, 0) is 5.41 Å². The Bertz CT molecular complexity index is 691. The number of aromatic nitrogens is 1. The third kappa shape index (κ3) is 3.37. The van der Waals surface area contributed by atoms with Crippen LogP contribution in [0, 0.1) is 5.82 Å². The first-order valence-corrected chi connectivity index (χ1v) is 8.59. The molecule has 1 atom stereocenters. The monoisotopic (exact) mass is 327 g/mol. The maximum absolute atomic E-state index is 14.0. The van der Waals surface area contributed by atoms with Gasteiger partial charge in [0.1, 0.15) is 0 Å². The lowest BCUT2D eigenvalue weighted by molar-refractivity contribution is 0.531. The van der Waals surface area contributed by atoms with Crippen LogP contribution in [0.5, 0.6) is 0 Å². The quantitative estimate of drug-likeness (QED) is 0.823. The highest BCUT2D eigenvalue weighted by Gasteiger charge is 2.26. The summed E-state index contributed by atoms with van der Waals surface area (Å²) in [6.45, 7) is 11.3. The van der Waals surface area contributed by atoms with Gasteiger partial charge in [-0.3, -0.25) is 0 Å². The molecule has 1 aromatic heterocycles. The van der Waals surface area contributed by atoms with Gasteiger partial charge in [-0.1, -0.05) is 32.9 Å². The lowest BCUT2D eigenvalue weighted by Gasteiger charge is -2.42. The Kier molecular flexibility index (Phi) is 4.48. The molecule has 128 valence electrons. The first-order valence-electron chi connectivity index (χ1n) is 8.59. The number of piperazine rings is 1. The van der Waals surface area contributed by atoms with Crippen molar-refractivity contribution in [2.45, 2.75) is 39.2 Å². The molecular weight excluding hydrogens is 301 g/mol. The molecule has 0 unspecified atom stereocenters. The van der Waals surface area contributed by atoms with Gasteiger partial charge in [0, 0.05) is 37.6 Å². The van der Waals surface area contributed by atoms with Crippen molar-refractivity contribution in [3.8, 4) is 0 Å². The lowest BCUT2D eigenvalue weighted by Crippen LogP contribution is -2.52. The van der Waals surface area contributed by atoms with Crippen molar-refractivity contribution in [1.82, 2.24) is 4.98 Å². The van der Waals surface area contributed by atoms with E-state index >= 15 is 0 Å². The highest BCUT2D eigenvalue weighted by atomic mass is 19.1. The van der Waals surface area contributed by atoms with E-state index in [2.05, 4.69) is 61.8 Å². The molecule has 2 heterocycles. The topological polar surface area (TPSA) is 19.4 Å². The smallest absolute Gasteiger partial charge is 0.165 e. The number of benzene rings is 1. The summed E-state index contributed by atoms with van der Waals surface area (Å²) in [5.41, 5.74) is 2.74. The third-order valence-corrected chi connectivity index (χ3v) is 4.73. The fourth-order valence-corrected chi connectivity index (χ4v) is 3.30. The average Bonchev–Trinajstić information content (AvgIpc) is 2.54. The van der Waals surface area contributed by atoms with E-state index in [-0.39, 0.29) is 11.2 Å². The molecule has 0 amide bonds. The van der Waals surface area contributed by atoms with E-state index in [1.165, 1.54) is 17.3 Å². The van der Waals surface area contributed by atoms with Crippen LogP contribution in [0.4, 0.5) is 15.9 Å². The molecule has 1 aliphatic rings. The largest absolute Gasteiger partial charge is 0.365 e. The van der Waals surface area contributed by atoms with Gasteiger partial charge >= 0.3 is 0 Å². The molecule has 24 heavy (non-hydrogen) atoms. The summed E-state index contributed by atoms with van der Waals surface area (Å²) in [7, 11) is 0. The van der Waals surface area contributed by atoms with Gasteiger partial charge in [0.2, 0.25) is 0 Å². The van der Waals surface area contributed by atoms with Gasteiger partial charge in [0.05, 0.1) is 0 Å². The standard InChI is InChI=1S/C20H26FN3/c1-15-14-23(19-18(21)6-5-11-22-19)12-13-24(15)17-9-7-16(8-10-17)20(2,3)4/h5-11,15H,12-14H2,1-4H3/t15-/m1/s1. The van der Waals surface area contributed by atoms with Crippen LogP contribution in [0.3, 0.4) is 0 Å². The summed E-state index contributed by atoms with van der Waals surface area (Å²) in [6.07, 6.45) is 1.65. The second kappa shape index (κ2) is 6.42. The van der Waals surface area contributed by atoms with Crippen LogP contribution >= 0.6 is 0 Å². The molecule has 3 nitrogen and oxygen atoms in total. The van der Waals surface area contributed by atoms with Crippen LogP contribution in [-0.4, -0.2) is 30.7 Å². The molecule has 3 rings (SSSR count). The molecule has 0 aliphatic carbocycles. The number of halogens is 1. The molecule has 0 spiro atoms. The van der Waals surface area contributed by atoms with Crippen molar-refractivity contribution in [1.29, 1.82) is 0 Å². The van der Waals surface area contributed by atoms with Gasteiger partial charge in [-0.05, 0) is 42.2 Å². The minimum absolute atomic E-state index is 0.166. The summed E-state index contributed by atoms with van der Waals surface area (Å²) >= 11 is 0. The molecular formula is C20H26FN3. The first-order chi connectivity index (χ1) is 11.4. The van der Waals surface area contributed by atoms with E-state index in [4.69, 9.17) is 0 Å². The first kappa shape index (κ1) is 16.7. The van der Waals surface area contributed by atoms with Crippen molar-refractivity contribution in [3.05, 3.63) is 54.0 Å². The van der Waals surface area contributed by atoms with Crippen molar-refractivity contribution in [2.75, 3.05) is 29.4 Å². The second-order valence-electron chi connectivity index (χ2n) is 7.59. The maximum Gasteiger partial charge on any atom is 0.165 e. The van der Waals surface area contributed by atoms with Gasteiger partial charge in [-0.15, -0.1) is 0 Å². The summed E-state index contributed by atoms with van der Waals surface area (Å²) in [4.78, 5) is 8.64. The van der Waals surface area contributed by atoms with E-state index < -0.39 is 0 Å². The molecule has 1 aromatic carbocycles. The SMILES string of the molecule is C[C@@H]1CN(c2ncccc2F)CCN1c1ccc(C(C)(C)C)cc1. The summed E-state index contributed by atoms with van der Waals surface area (Å²) < 4.78 is 14.0.